The van der Waals surface area contributed by atoms with Crippen LogP contribution in [0.1, 0.15) is 16.1 Å². The topological polar surface area (TPSA) is 54.1 Å². The number of nitrogens with one attached hydrogen (secondary N) is 2. The highest BCUT2D eigenvalue weighted by molar-refractivity contribution is 6.31. The summed E-state index contributed by atoms with van der Waals surface area (Å²) in [6.45, 7) is 2.01. The summed E-state index contributed by atoms with van der Waals surface area (Å²) in [7, 11) is 1.55. The second kappa shape index (κ2) is 5.73. The Balaban J connectivity index is 1.91. The van der Waals surface area contributed by atoms with Gasteiger partial charge in [-0.25, -0.2) is 0 Å². The summed E-state index contributed by atoms with van der Waals surface area (Å²) in [5.74, 6) is 0.319. The molecule has 2 N–H and O–H groups in total. The number of hydrogen-bond donors (Lipinski definition) is 2. The Hall–Kier alpha value is -2.46. The number of anilines is 1. The molecule has 0 saturated carbocycles. The second-order valence-electron chi connectivity index (χ2n) is 5.07. The van der Waals surface area contributed by atoms with E-state index in [1.165, 1.54) is 0 Å². The Labute approximate surface area is 133 Å². The van der Waals surface area contributed by atoms with Crippen molar-refractivity contribution in [3.05, 3.63) is 58.7 Å². The minimum absolute atomic E-state index is 0.241. The molecule has 0 atom stereocenters. The molecule has 0 saturated heterocycles. The summed E-state index contributed by atoms with van der Waals surface area (Å²) in [4.78, 5) is 15.5. The van der Waals surface area contributed by atoms with Gasteiger partial charge in [0.2, 0.25) is 0 Å². The fraction of sp³-hybridized carbons (Fsp3) is 0.118. The zero-order valence-electron chi connectivity index (χ0n) is 12.2. The van der Waals surface area contributed by atoms with Crippen LogP contribution in [0.4, 0.5) is 5.69 Å². The SMILES string of the molecule is COc1ccc(Cl)cc1NC(=O)c1cc2ccc(C)cc2[nH]1. The Morgan fingerprint density at radius 1 is 1.18 bits per heavy atom. The fourth-order valence-electron chi connectivity index (χ4n) is 2.33. The van der Waals surface area contributed by atoms with Crippen molar-refractivity contribution in [2.75, 3.05) is 12.4 Å². The van der Waals surface area contributed by atoms with E-state index in [2.05, 4.69) is 10.3 Å². The van der Waals surface area contributed by atoms with Crippen molar-refractivity contribution in [3.63, 3.8) is 0 Å². The van der Waals surface area contributed by atoms with Gasteiger partial charge in [0, 0.05) is 15.9 Å². The lowest BCUT2D eigenvalue weighted by atomic mass is 10.2. The van der Waals surface area contributed by atoms with Gasteiger partial charge >= 0.3 is 0 Å². The first-order valence-corrected chi connectivity index (χ1v) is 7.19. The van der Waals surface area contributed by atoms with Crippen LogP contribution in [-0.4, -0.2) is 18.0 Å². The number of amides is 1. The number of methoxy groups -OCH3 is 1. The fourth-order valence-corrected chi connectivity index (χ4v) is 2.50. The molecule has 0 radical (unpaired) electrons. The first-order chi connectivity index (χ1) is 10.6. The van der Waals surface area contributed by atoms with Crippen molar-refractivity contribution in [2.24, 2.45) is 0 Å². The molecule has 5 heteroatoms. The zero-order valence-corrected chi connectivity index (χ0v) is 13.0. The quantitative estimate of drug-likeness (QED) is 0.753. The van der Waals surface area contributed by atoms with Gasteiger partial charge in [0.05, 0.1) is 12.8 Å². The smallest absolute Gasteiger partial charge is 0.272 e. The number of carbonyl (C=O) groups is 1. The van der Waals surface area contributed by atoms with Gasteiger partial charge in [-0.2, -0.15) is 0 Å². The molecule has 1 aromatic heterocycles. The number of halogens is 1. The minimum Gasteiger partial charge on any atom is -0.495 e. The Morgan fingerprint density at radius 3 is 2.77 bits per heavy atom. The standard InChI is InChI=1S/C17H15ClN2O2/c1-10-3-4-11-8-15(19-13(11)7-10)17(21)20-14-9-12(18)5-6-16(14)22-2/h3-9,19H,1-2H3,(H,20,21). The molecule has 0 aliphatic rings. The maximum Gasteiger partial charge on any atom is 0.272 e. The number of ether oxygens (including phenoxy) is 1. The first-order valence-electron chi connectivity index (χ1n) is 6.81. The number of rotatable bonds is 3. The van der Waals surface area contributed by atoms with Crippen molar-refractivity contribution in [3.8, 4) is 5.75 Å². The molecule has 4 nitrogen and oxygen atoms in total. The third kappa shape index (κ3) is 2.78. The maximum absolute atomic E-state index is 12.4. The van der Waals surface area contributed by atoms with Crippen LogP contribution in [0.5, 0.6) is 5.75 Å². The van der Waals surface area contributed by atoms with Crippen LogP contribution in [-0.2, 0) is 0 Å². The Bertz CT molecular complexity index is 855. The van der Waals surface area contributed by atoms with Crippen molar-refractivity contribution in [1.29, 1.82) is 0 Å². The summed E-state index contributed by atoms with van der Waals surface area (Å²) in [5, 5.41) is 4.34. The molecule has 0 bridgehead atoms. The van der Waals surface area contributed by atoms with E-state index < -0.39 is 0 Å². The number of H-pyrrole nitrogens is 1. The van der Waals surface area contributed by atoms with Crippen LogP contribution < -0.4 is 10.1 Å². The van der Waals surface area contributed by atoms with E-state index in [0.717, 1.165) is 16.5 Å². The van der Waals surface area contributed by atoms with E-state index in [-0.39, 0.29) is 5.91 Å². The van der Waals surface area contributed by atoms with Gasteiger partial charge in [-0.3, -0.25) is 4.79 Å². The number of hydrogen-bond acceptors (Lipinski definition) is 2. The largest absolute Gasteiger partial charge is 0.495 e. The molecular formula is C17H15ClN2O2. The molecule has 112 valence electrons. The van der Waals surface area contributed by atoms with Crippen LogP contribution >= 0.6 is 11.6 Å². The Kier molecular flexibility index (Phi) is 3.77. The molecule has 22 heavy (non-hydrogen) atoms. The number of aryl methyl sites for hydroxylation is 1. The van der Waals surface area contributed by atoms with Gasteiger partial charge in [-0.15, -0.1) is 0 Å². The molecule has 3 aromatic rings. The summed E-state index contributed by atoms with van der Waals surface area (Å²) < 4.78 is 5.23. The van der Waals surface area contributed by atoms with E-state index in [1.807, 2.05) is 31.2 Å². The normalized spacial score (nSPS) is 10.7. The Morgan fingerprint density at radius 2 is 2.00 bits per heavy atom. The second-order valence-corrected chi connectivity index (χ2v) is 5.51. The molecular weight excluding hydrogens is 300 g/mol. The van der Waals surface area contributed by atoms with Crippen molar-refractivity contribution in [2.45, 2.75) is 6.92 Å². The molecule has 0 aliphatic carbocycles. The highest BCUT2D eigenvalue weighted by Crippen LogP contribution is 2.28. The highest BCUT2D eigenvalue weighted by Gasteiger charge is 2.13. The molecule has 0 fully saturated rings. The highest BCUT2D eigenvalue weighted by atomic mass is 35.5. The first kappa shape index (κ1) is 14.5. The summed E-state index contributed by atoms with van der Waals surface area (Å²) >= 11 is 5.97. The summed E-state index contributed by atoms with van der Waals surface area (Å²) in [6.07, 6.45) is 0. The molecule has 1 amide bonds. The maximum atomic E-state index is 12.4. The molecule has 0 aliphatic heterocycles. The number of aromatic nitrogens is 1. The van der Waals surface area contributed by atoms with E-state index in [9.17, 15) is 4.79 Å². The average molecular weight is 315 g/mol. The molecule has 3 rings (SSSR count). The third-order valence-corrected chi connectivity index (χ3v) is 3.67. The zero-order chi connectivity index (χ0) is 15.7. The van der Waals surface area contributed by atoms with E-state index >= 15 is 0 Å². The van der Waals surface area contributed by atoms with Crippen LogP contribution in [0.2, 0.25) is 5.02 Å². The average Bonchev–Trinajstić information content (AvgIpc) is 2.90. The lowest BCUT2D eigenvalue weighted by molar-refractivity contribution is 0.102. The van der Waals surface area contributed by atoms with Crippen LogP contribution in [0.15, 0.2) is 42.5 Å². The third-order valence-electron chi connectivity index (χ3n) is 3.43. The monoisotopic (exact) mass is 314 g/mol. The van der Waals surface area contributed by atoms with Crippen LogP contribution in [0.25, 0.3) is 10.9 Å². The lowest BCUT2D eigenvalue weighted by Gasteiger charge is -2.09. The van der Waals surface area contributed by atoms with E-state index in [1.54, 1.807) is 25.3 Å². The lowest BCUT2D eigenvalue weighted by Crippen LogP contribution is -2.13. The van der Waals surface area contributed by atoms with E-state index in [0.29, 0.717) is 22.2 Å². The van der Waals surface area contributed by atoms with Gasteiger partial charge in [0.25, 0.3) is 5.91 Å². The van der Waals surface area contributed by atoms with Crippen molar-refractivity contribution < 1.29 is 9.53 Å². The van der Waals surface area contributed by atoms with E-state index in [4.69, 9.17) is 16.3 Å². The number of carbonyl (C=O) groups excluding carboxylic acids is 1. The number of fused-ring (bicyclic) bond motifs is 1. The van der Waals surface area contributed by atoms with Crippen LogP contribution in [0, 0.1) is 6.92 Å². The van der Waals surface area contributed by atoms with Crippen LogP contribution in [0.3, 0.4) is 0 Å². The summed E-state index contributed by atoms with van der Waals surface area (Å²) in [5.41, 5.74) is 3.10. The van der Waals surface area contributed by atoms with Crippen molar-refractivity contribution >= 4 is 34.1 Å². The minimum atomic E-state index is -0.241. The predicted octanol–water partition coefficient (Wildman–Crippen LogP) is 4.39. The molecule has 2 aromatic carbocycles. The number of benzene rings is 2. The van der Waals surface area contributed by atoms with Gasteiger partial charge in [0.15, 0.2) is 0 Å². The molecule has 1 heterocycles. The predicted molar refractivity (Wildman–Crippen MR) is 89.0 cm³/mol. The van der Waals surface area contributed by atoms with Gasteiger partial charge in [-0.1, -0.05) is 23.7 Å². The summed E-state index contributed by atoms with van der Waals surface area (Å²) in [6, 6.07) is 12.9. The molecule has 0 spiro atoms. The van der Waals surface area contributed by atoms with Crippen molar-refractivity contribution in [1.82, 2.24) is 4.98 Å². The van der Waals surface area contributed by atoms with Gasteiger partial charge in [-0.05, 0) is 42.8 Å². The van der Waals surface area contributed by atoms with Gasteiger partial charge in [0.1, 0.15) is 11.4 Å². The van der Waals surface area contributed by atoms with Gasteiger partial charge < -0.3 is 15.0 Å². The number of aromatic amines is 1. The molecule has 0 unspecified atom stereocenters.